The summed E-state index contributed by atoms with van der Waals surface area (Å²) in [5.41, 5.74) is 3.95. The molecule has 2 aliphatic rings. The van der Waals surface area contributed by atoms with Crippen LogP contribution in [0.5, 0.6) is 5.75 Å². The monoisotopic (exact) mass is 450 g/mol. The minimum atomic E-state index is 0.314. The molecule has 0 radical (unpaired) electrons. The van der Waals surface area contributed by atoms with Crippen LogP contribution >= 0.6 is 0 Å². The Morgan fingerprint density at radius 3 is 2.61 bits per heavy atom. The molecule has 6 nitrogen and oxygen atoms in total. The molecular formula is C27H38N4O2. The highest BCUT2D eigenvalue weighted by Gasteiger charge is 2.25. The summed E-state index contributed by atoms with van der Waals surface area (Å²) in [5.74, 6) is 2.90. The minimum absolute atomic E-state index is 0.314. The van der Waals surface area contributed by atoms with E-state index >= 15 is 0 Å². The van der Waals surface area contributed by atoms with Crippen molar-refractivity contribution in [1.82, 2.24) is 14.8 Å². The number of rotatable bonds is 7. The van der Waals surface area contributed by atoms with Crippen LogP contribution in [0.4, 0.5) is 5.82 Å². The van der Waals surface area contributed by atoms with Gasteiger partial charge in [0.05, 0.1) is 7.11 Å². The number of likely N-dealkylation sites (tertiary alicyclic amines) is 1. The Hall–Kier alpha value is -2.60. The summed E-state index contributed by atoms with van der Waals surface area (Å²) in [6.07, 6.45) is 5.95. The highest BCUT2D eigenvalue weighted by atomic mass is 16.5. The summed E-state index contributed by atoms with van der Waals surface area (Å²) >= 11 is 0. The largest absolute Gasteiger partial charge is 0.496 e. The Kier molecular flexibility index (Phi) is 7.86. The summed E-state index contributed by atoms with van der Waals surface area (Å²) in [4.78, 5) is 24.2. The van der Waals surface area contributed by atoms with E-state index in [-0.39, 0.29) is 0 Å². The van der Waals surface area contributed by atoms with Crippen molar-refractivity contribution in [2.45, 2.75) is 46.1 Å². The number of aromatic nitrogens is 1. The molecule has 2 aliphatic heterocycles. The maximum absolute atomic E-state index is 12.9. The Labute approximate surface area is 198 Å². The van der Waals surface area contributed by atoms with Gasteiger partial charge in [-0.1, -0.05) is 12.1 Å². The van der Waals surface area contributed by atoms with E-state index in [2.05, 4.69) is 40.8 Å². The van der Waals surface area contributed by atoms with Crippen LogP contribution in [0.3, 0.4) is 0 Å². The molecule has 2 aromatic rings. The third-order valence-corrected chi connectivity index (χ3v) is 7.44. The summed E-state index contributed by atoms with van der Waals surface area (Å²) in [6.45, 7) is 10.9. The second-order valence-corrected chi connectivity index (χ2v) is 9.51. The van der Waals surface area contributed by atoms with Crippen LogP contribution in [0.15, 0.2) is 36.5 Å². The van der Waals surface area contributed by atoms with Gasteiger partial charge >= 0.3 is 0 Å². The van der Waals surface area contributed by atoms with Gasteiger partial charge < -0.3 is 14.5 Å². The van der Waals surface area contributed by atoms with Crippen LogP contribution in [0, 0.1) is 19.8 Å². The van der Waals surface area contributed by atoms with Crippen LogP contribution in [-0.2, 0) is 11.3 Å². The maximum Gasteiger partial charge on any atom is 0.222 e. The van der Waals surface area contributed by atoms with Gasteiger partial charge in [-0.15, -0.1) is 0 Å². The van der Waals surface area contributed by atoms with Gasteiger partial charge in [0.1, 0.15) is 11.6 Å². The van der Waals surface area contributed by atoms with Crippen LogP contribution < -0.4 is 9.64 Å². The van der Waals surface area contributed by atoms with Crippen molar-refractivity contribution in [3.05, 3.63) is 53.2 Å². The zero-order valence-electron chi connectivity index (χ0n) is 20.4. The number of piperazine rings is 1. The summed E-state index contributed by atoms with van der Waals surface area (Å²) in [6, 6.07) is 10.3. The van der Waals surface area contributed by atoms with Crippen molar-refractivity contribution in [2.75, 3.05) is 51.3 Å². The number of hydrogen-bond donors (Lipinski definition) is 0. The number of methoxy groups -OCH3 is 1. The molecule has 2 fully saturated rings. The van der Waals surface area contributed by atoms with Gasteiger partial charge in [0.2, 0.25) is 5.91 Å². The number of hydrogen-bond acceptors (Lipinski definition) is 5. The number of carbonyl (C=O) groups excluding carboxylic acids is 1. The number of nitrogens with zero attached hydrogens (tertiary/aromatic N) is 4. The molecule has 3 heterocycles. The van der Waals surface area contributed by atoms with Crippen molar-refractivity contribution < 1.29 is 9.53 Å². The number of amides is 1. The summed E-state index contributed by atoms with van der Waals surface area (Å²) < 4.78 is 5.47. The quantitative estimate of drug-likeness (QED) is 0.637. The average molecular weight is 451 g/mol. The lowest BCUT2D eigenvalue weighted by molar-refractivity contribution is -0.131. The summed E-state index contributed by atoms with van der Waals surface area (Å²) in [5, 5.41) is 0. The molecule has 1 aromatic carbocycles. The molecule has 4 rings (SSSR count). The topological polar surface area (TPSA) is 48.9 Å². The molecule has 1 aromatic heterocycles. The van der Waals surface area contributed by atoms with Gasteiger partial charge in [-0.3, -0.25) is 9.69 Å². The van der Waals surface area contributed by atoms with Gasteiger partial charge in [-0.2, -0.15) is 0 Å². The standard InChI is InChI=1S/C27H38N4O2/c1-21-22(2)25(33-3)11-10-24(21)20-29-14-6-7-23(19-29)9-12-27(32)31-17-15-30(16-18-31)26-8-4-5-13-28-26/h4-5,8,10-11,13,23H,6-7,9,12,14-20H2,1-3H3/t23-/m1/s1. The Bertz CT molecular complexity index is 925. The molecule has 6 heteroatoms. The zero-order valence-corrected chi connectivity index (χ0v) is 20.4. The van der Waals surface area contributed by atoms with E-state index in [1.807, 2.05) is 29.3 Å². The van der Waals surface area contributed by atoms with Crippen LogP contribution in [-0.4, -0.2) is 67.1 Å². The van der Waals surface area contributed by atoms with E-state index in [1.54, 1.807) is 7.11 Å². The first-order valence-corrected chi connectivity index (χ1v) is 12.3. The fraction of sp³-hybridized carbons (Fsp3) is 0.556. The molecule has 33 heavy (non-hydrogen) atoms. The van der Waals surface area contributed by atoms with Crippen molar-refractivity contribution in [3.63, 3.8) is 0 Å². The smallest absolute Gasteiger partial charge is 0.222 e. The minimum Gasteiger partial charge on any atom is -0.496 e. The third-order valence-electron chi connectivity index (χ3n) is 7.44. The highest BCUT2D eigenvalue weighted by Crippen LogP contribution is 2.27. The van der Waals surface area contributed by atoms with E-state index in [0.29, 0.717) is 18.2 Å². The van der Waals surface area contributed by atoms with Gasteiger partial charge in [0.25, 0.3) is 0 Å². The molecule has 0 unspecified atom stereocenters. The second-order valence-electron chi connectivity index (χ2n) is 9.51. The van der Waals surface area contributed by atoms with Crippen LogP contribution in [0.1, 0.15) is 42.4 Å². The molecule has 0 spiro atoms. The van der Waals surface area contributed by atoms with Crippen molar-refractivity contribution >= 4 is 11.7 Å². The fourth-order valence-corrected chi connectivity index (χ4v) is 5.23. The molecular weight excluding hydrogens is 412 g/mol. The molecule has 0 bridgehead atoms. The van der Waals surface area contributed by atoms with Gasteiger partial charge in [0, 0.05) is 51.9 Å². The molecule has 1 atom stereocenters. The van der Waals surface area contributed by atoms with Gasteiger partial charge in [-0.05, 0) is 80.5 Å². The lowest BCUT2D eigenvalue weighted by atomic mass is 9.92. The molecule has 0 aliphatic carbocycles. The Morgan fingerprint density at radius 1 is 1.06 bits per heavy atom. The van der Waals surface area contributed by atoms with E-state index in [0.717, 1.165) is 63.8 Å². The number of anilines is 1. The fourth-order valence-electron chi connectivity index (χ4n) is 5.23. The first kappa shape index (κ1) is 23.6. The Balaban J connectivity index is 1.23. The van der Waals surface area contributed by atoms with Crippen molar-refractivity contribution in [2.24, 2.45) is 5.92 Å². The van der Waals surface area contributed by atoms with E-state index in [1.165, 1.54) is 29.5 Å². The third kappa shape index (κ3) is 5.85. The molecule has 1 amide bonds. The van der Waals surface area contributed by atoms with Gasteiger partial charge in [-0.25, -0.2) is 4.98 Å². The molecule has 0 N–H and O–H groups in total. The maximum atomic E-state index is 12.9. The number of pyridine rings is 1. The van der Waals surface area contributed by atoms with Crippen LogP contribution in [0.25, 0.3) is 0 Å². The second kappa shape index (κ2) is 11.0. The first-order chi connectivity index (χ1) is 16.0. The number of benzene rings is 1. The highest BCUT2D eigenvalue weighted by molar-refractivity contribution is 5.76. The molecule has 0 saturated carbocycles. The number of carbonyl (C=O) groups is 1. The van der Waals surface area contributed by atoms with Crippen LogP contribution in [0.2, 0.25) is 0 Å². The van der Waals surface area contributed by atoms with E-state index < -0.39 is 0 Å². The average Bonchev–Trinajstić information content (AvgIpc) is 2.86. The van der Waals surface area contributed by atoms with Crippen molar-refractivity contribution in [3.8, 4) is 5.75 Å². The van der Waals surface area contributed by atoms with E-state index in [9.17, 15) is 4.79 Å². The Morgan fingerprint density at radius 2 is 1.88 bits per heavy atom. The lowest BCUT2D eigenvalue weighted by Gasteiger charge is -2.36. The van der Waals surface area contributed by atoms with Gasteiger partial charge in [0.15, 0.2) is 0 Å². The first-order valence-electron chi connectivity index (χ1n) is 12.3. The normalized spacial score (nSPS) is 19.5. The zero-order chi connectivity index (χ0) is 23.2. The number of piperidine rings is 1. The molecule has 2 saturated heterocycles. The SMILES string of the molecule is COc1ccc(CN2CCC[C@H](CCC(=O)N3CCN(c4ccccn4)CC3)C2)c(C)c1C. The summed E-state index contributed by atoms with van der Waals surface area (Å²) in [7, 11) is 1.73. The lowest BCUT2D eigenvalue weighted by Crippen LogP contribution is -2.49. The number of ether oxygens (including phenoxy) is 1. The van der Waals surface area contributed by atoms with E-state index in [4.69, 9.17) is 4.74 Å². The predicted molar refractivity (Wildman–Crippen MR) is 133 cm³/mol. The van der Waals surface area contributed by atoms with Crippen molar-refractivity contribution in [1.29, 1.82) is 0 Å². The predicted octanol–water partition coefficient (Wildman–Crippen LogP) is 4.05. The molecule has 178 valence electrons.